The van der Waals surface area contributed by atoms with Crippen LogP contribution in [0.3, 0.4) is 0 Å². The summed E-state index contributed by atoms with van der Waals surface area (Å²) in [5, 5.41) is 0. The number of rotatable bonds is 69. The first kappa shape index (κ1) is 78.9. The fourth-order valence-corrected chi connectivity index (χ4v) is 11.4. The predicted molar refractivity (Wildman–Crippen MR) is 353 cm³/mol. The highest BCUT2D eigenvalue weighted by atomic mass is 16.6. The molecular formula is C75H142O6. The molecule has 81 heavy (non-hydrogen) atoms. The zero-order chi connectivity index (χ0) is 58.5. The molecule has 0 spiro atoms. The molecule has 0 radical (unpaired) electrons. The zero-order valence-corrected chi connectivity index (χ0v) is 55.1. The third-order valence-electron chi connectivity index (χ3n) is 17.0. The van der Waals surface area contributed by atoms with Gasteiger partial charge in [0.05, 0.1) is 0 Å². The smallest absolute Gasteiger partial charge is 0.306 e. The molecule has 0 aromatic rings. The first-order valence-electron chi connectivity index (χ1n) is 36.8. The molecule has 0 aliphatic carbocycles. The highest BCUT2D eigenvalue weighted by molar-refractivity contribution is 5.71. The van der Waals surface area contributed by atoms with Gasteiger partial charge in [0, 0.05) is 19.3 Å². The van der Waals surface area contributed by atoms with Crippen LogP contribution in [0.2, 0.25) is 0 Å². The van der Waals surface area contributed by atoms with Gasteiger partial charge >= 0.3 is 17.9 Å². The minimum Gasteiger partial charge on any atom is -0.462 e. The molecule has 0 aliphatic rings. The Labute approximate surface area is 506 Å². The molecule has 6 heteroatoms. The lowest BCUT2D eigenvalue weighted by atomic mass is 10.0. The molecule has 0 saturated heterocycles. The highest BCUT2D eigenvalue weighted by Gasteiger charge is 2.20. The Balaban J connectivity index is 4.27. The van der Waals surface area contributed by atoms with Crippen LogP contribution in [0.1, 0.15) is 419 Å². The van der Waals surface area contributed by atoms with Crippen LogP contribution in [-0.2, 0) is 28.6 Å². The average Bonchev–Trinajstić information content (AvgIpc) is 3.47. The lowest BCUT2D eigenvalue weighted by Crippen LogP contribution is -2.30. The minimum atomic E-state index is -0.771. The number of ether oxygens (including phenoxy) is 3. The van der Waals surface area contributed by atoms with E-state index in [1.807, 2.05) is 0 Å². The van der Waals surface area contributed by atoms with E-state index in [4.69, 9.17) is 14.2 Å². The second-order valence-electron chi connectivity index (χ2n) is 25.2. The number of unbranched alkanes of at least 4 members (excludes halogenated alkanes) is 54. The zero-order valence-electron chi connectivity index (χ0n) is 55.1. The van der Waals surface area contributed by atoms with E-state index in [1.54, 1.807) is 0 Å². The maximum atomic E-state index is 13.0. The molecule has 478 valence electrons. The van der Waals surface area contributed by atoms with Crippen LogP contribution in [0.25, 0.3) is 0 Å². The molecule has 0 fully saturated rings. The monoisotopic (exact) mass is 1140 g/mol. The van der Waals surface area contributed by atoms with E-state index in [0.717, 1.165) is 64.2 Å². The van der Waals surface area contributed by atoms with Gasteiger partial charge in [0.15, 0.2) is 6.10 Å². The van der Waals surface area contributed by atoms with Gasteiger partial charge in [-0.1, -0.05) is 373 Å². The molecule has 0 aromatic carbocycles. The number of carbonyl (C=O) groups excluding carboxylic acids is 3. The van der Waals surface area contributed by atoms with Gasteiger partial charge in [-0.3, -0.25) is 14.4 Å². The third-order valence-corrected chi connectivity index (χ3v) is 17.0. The van der Waals surface area contributed by atoms with E-state index in [1.165, 1.54) is 315 Å². The van der Waals surface area contributed by atoms with Crippen molar-refractivity contribution in [3.05, 3.63) is 24.3 Å². The number of esters is 3. The SMILES string of the molecule is CCCCCCC/C=C\C/C=C\CCCCCCCCCCCC(=O)OC(COC(=O)CCCCCCCCCCCCCCCCCCC)COC(=O)CCCCCCCCCCCCCCCCCCCCCCCCCCC. The number of carbonyl (C=O) groups is 3. The fraction of sp³-hybridized carbons (Fsp3) is 0.907. The Bertz CT molecular complexity index is 1310. The minimum absolute atomic E-state index is 0.0661. The summed E-state index contributed by atoms with van der Waals surface area (Å²) < 4.78 is 17.0. The third kappa shape index (κ3) is 68.6. The second-order valence-corrected chi connectivity index (χ2v) is 25.2. The van der Waals surface area contributed by atoms with Crippen molar-refractivity contribution >= 4 is 17.9 Å². The first-order chi connectivity index (χ1) is 40.0. The molecule has 0 heterocycles. The Morgan fingerprint density at radius 1 is 0.247 bits per heavy atom. The van der Waals surface area contributed by atoms with Crippen LogP contribution >= 0.6 is 0 Å². The first-order valence-corrected chi connectivity index (χ1v) is 36.8. The number of allylic oxidation sites excluding steroid dienone is 4. The topological polar surface area (TPSA) is 78.9 Å². The molecule has 0 saturated carbocycles. The molecule has 1 unspecified atom stereocenters. The molecule has 0 bridgehead atoms. The Morgan fingerprint density at radius 2 is 0.444 bits per heavy atom. The summed E-state index contributed by atoms with van der Waals surface area (Å²) in [5.41, 5.74) is 0. The van der Waals surface area contributed by atoms with Gasteiger partial charge in [0.2, 0.25) is 0 Å². The maximum absolute atomic E-state index is 13.0. The van der Waals surface area contributed by atoms with Gasteiger partial charge in [-0.2, -0.15) is 0 Å². The van der Waals surface area contributed by atoms with Crippen molar-refractivity contribution < 1.29 is 28.6 Å². The van der Waals surface area contributed by atoms with Crippen LogP contribution < -0.4 is 0 Å². The van der Waals surface area contributed by atoms with Crippen molar-refractivity contribution in [2.45, 2.75) is 425 Å². The van der Waals surface area contributed by atoms with Crippen molar-refractivity contribution in [1.29, 1.82) is 0 Å². The average molecular weight is 1140 g/mol. The standard InChI is InChI=1S/C75H142O6/c1-4-7-10-13-16-19-22-25-28-31-33-35-36-37-38-40-41-44-47-50-53-56-59-62-65-68-74(77)80-71-72(70-79-73(76)67-64-61-58-55-52-49-46-43-30-27-24-21-18-15-12-9-6-3)81-75(78)69-66-63-60-57-54-51-48-45-42-39-34-32-29-26-23-20-17-14-11-8-5-2/h23,26,32,34,72H,4-22,24-25,27-31,33,35-71H2,1-3H3/b26-23-,34-32-. The Hall–Kier alpha value is -2.11. The van der Waals surface area contributed by atoms with Gasteiger partial charge in [0.25, 0.3) is 0 Å². The van der Waals surface area contributed by atoms with Crippen LogP contribution in [0, 0.1) is 0 Å². The number of hydrogen-bond donors (Lipinski definition) is 0. The van der Waals surface area contributed by atoms with E-state index in [2.05, 4.69) is 45.1 Å². The van der Waals surface area contributed by atoms with Crippen LogP contribution in [0.4, 0.5) is 0 Å². The molecule has 0 N–H and O–H groups in total. The van der Waals surface area contributed by atoms with Gasteiger partial charge in [-0.25, -0.2) is 0 Å². The highest BCUT2D eigenvalue weighted by Crippen LogP contribution is 2.19. The Morgan fingerprint density at radius 3 is 0.679 bits per heavy atom. The van der Waals surface area contributed by atoms with Crippen LogP contribution in [0.5, 0.6) is 0 Å². The van der Waals surface area contributed by atoms with E-state index >= 15 is 0 Å². The largest absolute Gasteiger partial charge is 0.462 e. The molecule has 1 atom stereocenters. The van der Waals surface area contributed by atoms with Crippen molar-refractivity contribution in [3.63, 3.8) is 0 Å². The molecule has 6 nitrogen and oxygen atoms in total. The van der Waals surface area contributed by atoms with E-state index in [9.17, 15) is 14.4 Å². The molecule has 0 amide bonds. The summed E-state index contributed by atoms with van der Waals surface area (Å²) >= 11 is 0. The van der Waals surface area contributed by atoms with E-state index in [0.29, 0.717) is 19.3 Å². The summed E-state index contributed by atoms with van der Waals surface area (Å²) in [4.78, 5) is 38.5. The fourth-order valence-electron chi connectivity index (χ4n) is 11.4. The lowest BCUT2D eigenvalue weighted by molar-refractivity contribution is -0.167. The predicted octanol–water partition coefficient (Wildman–Crippen LogP) is 25.3. The molecule has 0 aliphatic heterocycles. The van der Waals surface area contributed by atoms with Crippen LogP contribution in [0.15, 0.2) is 24.3 Å². The molecular weight excluding hydrogens is 997 g/mol. The second kappa shape index (κ2) is 70.4. The van der Waals surface area contributed by atoms with Crippen LogP contribution in [-0.4, -0.2) is 37.2 Å². The van der Waals surface area contributed by atoms with Gasteiger partial charge in [0.1, 0.15) is 13.2 Å². The van der Waals surface area contributed by atoms with Gasteiger partial charge in [-0.15, -0.1) is 0 Å². The van der Waals surface area contributed by atoms with Crippen molar-refractivity contribution in [2.24, 2.45) is 0 Å². The number of hydrogen-bond acceptors (Lipinski definition) is 6. The van der Waals surface area contributed by atoms with Gasteiger partial charge in [-0.05, 0) is 51.4 Å². The summed E-state index contributed by atoms with van der Waals surface area (Å²) in [7, 11) is 0. The van der Waals surface area contributed by atoms with Crippen molar-refractivity contribution in [1.82, 2.24) is 0 Å². The molecule has 0 rings (SSSR count). The van der Waals surface area contributed by atoms with E-state index in [-0.39, 0.29) is 31.1 Å². The summed E-state index contributed by atoms with van der Waals surface area (Å²) in [6, 6.07) is 0. The summed E-state index contributed by atoms with van der Waals surface area (Å²) in [5.74, 6) is -0.834. The summed E-state index contributed by atoms with van der Waals surface area (Å²) in [6.07, 6.45) is 86.4. The maximum Gasteiger partial charge on any atom is 0.306 e. The Kier molecular flexibility index (Phi) is 68.5. The van der Waals surface area contributed by atoms with Gasteiger partial charge < -0.3 is 14.2 Å². The summed E-state index contributed by atoms with van der Waals surface area (Å²) in [6.45, 7) is 6.72. The normalized spacial score (nSPS) is 12.1. The van der Waals surface area contributed by atoms with Crippen molar-refractivity contribution in [3.8, 4) is 0 Å². The molecule has 0 aromatic heterocycles. The quantitative estimate of drug-likeness (QED) is 0.0261. The lowest BCUT2D eigenvalue weighted by Gasteiger charge is -2.18. The van der Waals surface area contributed by atoms with Crippen molar-refractivity contribution in [2.75, 3.05) is 13.2 Å². The van der Waals surface area contributed by atoms with E-state index < -0.39 is 6.10 Å².